The summed E-state index contributed by atoms with van der Waals surface area (Å²) >= 11 is 0. The number of nitrogens with zero attached hydrogens (tertiary/aromatic N) is 3. The molecule has 1 atom stereocenters. The number of carbonyl (C=O) groups excluding carboxylic acids is 1. The van der Waals surface area contributed by atoms with Crippen molar-refractivity contribution in [1.29, 1.82) is 5.26 Å². The number of urea groups is 1. The Labute approximate surface area is 119 Å². The third-order valence-corrected chi connectivity index (χ3v) is 3.50. The summed E-state index contributed by atoms with van der Waals surface area (Å²) in [5, 5.41) is 11.8. The standard InChI is InChI=1S/C15H20N4O/c16-11-13-5-4-10-19(12-13)15(20)18-9-3-7-14-6-1-2-8-17-14/h1-2,6,8,13H,3-5,7,9-10,12H2,(H,18,20). The van der Waals surface area contributed by atoms with Gasteiger partial charge >= 0.3 is 6.03 Å². The van der Waals surface area contributed by atoms with Gasteiger partial charge in [0.25, 0.3) is 0 Å². The second-order valence-corrected chi connectivity index (χ2v) is 5.07. The van der Waals surface area contributed by atoms with E-state index in [1.54, 1.807) is 11.1 Å². The molecule has 1 fully saturated rings. The Morgan fingerprint density at radius 2 is 2.45 bits per heavy atom. The maximum Gasteiger partial charge on any atom is 0.317 e. The molecule has 1 aromatic rings. The molecule has 2 rings (SSSR count). The second-order valence-electron chi connectivity index (χ2n) is 5.07. The van der Waals surface area contributed by atoms with Gasteiger partial charge in [-0.25, -0.2) is 4.79 Å². The van der Waals surface area contributed by atoms with E-state index in [-0.39, 0.29) is 11.9 Å². The first-order valence-corrected chi connectivity index (χ1v) is 7.12. The van der Waals surface area contributed by atoms with Crippen molar-refractivity contribution in [3.63, 3.8) is 0 Å². The molecule has 5 heteroatoms. The van der Waals surface area contributed by atoms with Gasteiger partial charge in [-0.15, -0.1) is 0 Å². The molecule has 0 bridgehead atoms. The fourth-order valence-corrected chi connectivity index (χ4v) is 2.39. The summed E-state index contributed by atoms with van der Waals surface area (Å²) in [5.74, 6) is -0.0111. The summed E-state index contributed by atoms with van der Waals surface area (Å²) < 4.78 is 0. The highest BCUT2D eigenvalue weighted by atomic mass is 16.2. The van der Waals surface area contributed by atoms with Gasteiger partial charge < -0.3 is 10.2 Å². The number of piperidine rings is 1. The molecular weight excluding hydrogens is 252 g/mol. The number of likely N-dealkylation sites (tertiary alicyclic amines) is 1. The Hall–Kier alpha value is -2.09. The third kappa shape index (κ3) is 4.23. The van der Waals surface area contributed by atoms with Crippen LogP contribution in [0.15, 0.2) is 24.4 Å². The topological polar surface area (TPSA) is 69.0 Å². The maximum absolute atomic E-state index is 12.0. The molecule has 1 saturated heterocycles. The zero-order valence-electron chi connectivity index (χ0n) is 11.6. The number of pyridine rings is 1. The first kappa shape index (κ1) is 14.3. The minimum atomic E-state index is -0.0500. The van der Waals surface area contributed by atoms with Gasteiger partial charge in [-0.2, -0.15) is 5.26 Å². The van der Waals surface area contributed by atoms with Crippen molar-refractivity contribution < 1.29 is 4.79 Å². The van der Waals surface area contributed by atoms with Gasteiger partial charge in [0, 0.05) is 31.5 Å². The van der Waals surface area contributed by atoms with Crippen LogP contribution in [0.5, 0.6) is 0 Å². The molecule has 5 nitrogen and oxygen atoms in total. The molecule has 0 aromatic carbocycles. The molecule has 1 N–H and O–H groups in total. The Morgan fingerprint density at radius 3 is 3.20 bits per heavy atom. The number of nitriles is 1. The van der Waals surface area contributed by atoms with Crippen LogP contribution in [0.25, 0.3) is 0 Å². The van der Waals surface area contributed by atoms with E-state index in [1.165, 1.54) is 0 Å². The van der Waals surface area contributed by atoms with Crippen molar-refractivity contribution in [2.45, 2.75) is 25.7 Å². The highest BCUT2D eigenvalue weighted by Crippen LogP contribution is 2.15. The van der Waals surface area contributed by atoms with Crippen LogP contribution in [0.2, 0.25) is 0 Å². The van der Waals surface area contributed by atoms with Crippen LogP contribution in [-0.2, 0) is 6.42 Å². The average molecular weight is 272 g/mol. The number of rotatable bonds is 4. The lowest BCUT2D eigenvalue weighted by Crippen LogP contribution is -2.45. The summed E-state index contributed by atoms with van der Waals surface area (Å²) in [7, 11) is 0. The smallest absolute Gasteiger partial charge is 0.317 e. The van der Waals surface area contributed by atoms with Crippen molar-refractivity contribution in [3.8, 4) is 6.07 Å². The first-order chi connectivity index (χ1) is 9.79. The van der Waals surface area contributed by atoms with Crippen LogP contribution in [-0.4, -0.2) is 35.5 Å². The van der Waals surface area contributed by atoms with E-state index in [1.807, 2.05) is 18.2 Å². The quantitative estimate of drug-likeness (QED) is 0.852. The van der Waals surface area contributed by atoms with Crippen LogP contribution >= 0.6 is 0 Å². The fraction of sp³-hybridized carbons (Fsp3) is 0.533. The van der Waals surface area contributed by atoms with E-state index in [2.05, 4.69) is 16.4 Å². The lowest BCUT2D eigenvalue weighted by atomic mass is 10.0. The number of aryl methyl sites for hydroxylation is 1. The minimum Gasteiger partial charge on any atom is -0.338 e. The van der Waals surface area contributed by atoms with E-state index >= 15 is 0 Å². The van der Waals surface area contributed by atoms with Crippen LogP contribution in [0.1, 0.15) is 25.0 Å². The summed E-state index contributed by atoms with van der Waals surface area (Å²) in [6.07, 6.45) is 5.34. The molecule has 0 saturated carbocycles. The molecule has 0 radical (unpaired) electrons. The van der Waals surface area contributed by atoms with Crippen molar-refractivity contribution in [3.05, 3.63) is 30.1 Å². The summed E-state index contributed by atoms with van der Waals surface area (Å²) in [4.78, 5) is 18.0. The SMILES string of the molecule is N#CC1CCCN(C(=O)NCCCc2ccccn2)C1. The van der Waals surface area contributed by atoms with Crippen molar-refractivity contribution in [1.82, 2.24) is 15.2 Å². The molecular formula is C15H20N4O. The molecule has 0 spiro atoms. The first-order valence-electron chi connectivity index (χ1n) is 7.12. The third-order valence-electron chi connectivity index (χ3n) is 3.50. The van der Waals surface area contributed by atoms with Crippen LogP contribution in [0.4, 0.5) is 4.79 Å². The lowest BCUT2D eigenvalue weighted by molar-refractivity contribution is 0.176. The van der Waals surface area contributed by atoms with Crippen LogP contribution < -0.4 is 5.32 Å². The van der Waals surface area contributed by atoms with E-state index in [0.29, 0.717) is 13.1 Å². The minimum absolute atomic E-state index is 0.0111. The molecule has 2 amide bonds. The molecule has 1 unspecified atom stereocenters. The van der Waals surface area contributed by atoms with Gasteiger partial charge in [0.2, 0.25) is 0 Å². The molecule has 1 aromatic heterocycles. The van der Waals surface area contributed by atoms with Gasteiger partial charge in [0.1, 0.15) is 0 Å². The summed E-state index contributed by atoms with van der Waals surface area (Å²) in [5.41, 5.74) is 1.05. The van der Waals surface area contributed by atoms with Gasteiger partial charge in [-0.1, -0.05) is 6.07 Å². The average Bonchev–Trinajstić information content (AvgIpc) is 2.52. The Kier molecular flexibility index (Phi) is 5.36. The Balaban J connectivity index is 1.66. The van der Waals surface area contributed by atoms with Crippen molar-refractivity contribution >= 4 is 6.03 Å². The van der Waals surface area contributed by atoms with Gasteiger partial charge in [0.05, 0.1) is 12.0 Å². The van der Waals surface area contributed by atoms with Crippen molar-refractivity contribution in [2.24, 2.45) is 5.92 Å². The number of aromatic nitrogens is 1. The van der Waals surface area contributed by atoms with Crippen molar-refractivity contribution in [2.75, 3.05) is 19.6 Å². The van der Waals surface area contributed by atoms with E-state index in [4.69, 9.17) is 5.26 Å². The highest BCUT2D eigenvalue weighted by molar-refractivity contribution is 5.74. The predicted molar refractivity (Wildman–Crippen MR) is 75.9 cm³/mol. The largest absolute Gasteiger partial charge is 0.338 e. The zero-order chi connectivity index (χ0) is 14.2. The van der Waals surface area contributed by atoms with Gasteiger partial charge in [0.15, 0.2) is 0 Å². The number of carbonyl (C=O) groups is 1. The number of amides is 2. The molecule has 2 heterocycles. The summed E-state index contributed by atoms with van der Waals surface area (Å²) in [6, 6.07) is 8.05. The monoisotopic (exact) mass is 272 g/mol. The zero-order valence-corrected chi connectivity index (χ0v) is 11.6. The fourth-order valence-electron chi connectivity index (χ4n) is 2.39. The maximum atomic E-state index is 12.0. The molecule has 20 heavy (non-hydrogen) atoms. The number of hydrogen-bond acceptors (Lipinski definition) is 3. The van der Waals surface area contributed by atoms with E-state index < -0.39 is 0 Å². The predicted octanol–water partition coefficient (Wildman–Crippen LogP) is 1.96. The van der Waals surface area contributed by atoms with Crippen LogP contribution in [0.3, 0.4) is 0 Å². The molecule has 106 valence electrons. The molecule has 0 aliphatic carbocycles. The highest BCUT2D eigenvalue weighted by Gasteiger charge is 2.22. The Bertz CT molecular complexity index is 469. The number of nitrogens with one attached hydrogen (secondary N) is 1. The lowest BCUT2D eigenvalue weighted by Gasteiger charge is -2.29. The van der Waals surface area contributed by atoms with Crippen LogP contribution in [0, 0.1) is 17.2 Å². The molecule has 1 aliphatic heterocycles. The second kappa shape index (κ2) is 7.49. The normalized spacial score (nSPS) is 18.4. The van der Waals surface area contributed by atoms with E-state index in [0.717, 1.165) is 37.9 Å². The Morgan fingerprint density at radius 1 is 1.55 bits per heavy atom. The molecule has 1 aliphatic rings. The van der Waals surface area contributed by atoms with E-state index in [9.17, 15) is 4.79 Å². The van der Waals surface area contributed by atoms with Gasteiger partial charge in [-0.05, 0) is 37.8 Å². The van der Waals surface area contributed by atoms with Gasteiger partial charge in [-0.3, -0.25) is 4.98 Å². The number of hydrogen-bond donors (Lipinski definition) is 1. The summed E-state index contributed by atoms with van der Waals surface area (Å²) in [6.45, 7) is 1.95.